The topological polar surface area (TPSA) is 29.5 Å². The molecule has 0 radical (unpaired) electrons. The quantitative estimate of drug-likeness (QED) is 0.515. The fraction of sp³-hybridized carbons (Fsp3) is 0.800. The van der Waals surface area contributed by atoms with Gasteiger partial charge in [-0.05, 0) is 32.1 Å². The molecule has 1 rings (SSSR count). The summed E-state index contributed by atoms with van der Waals surface area (Å²) in [4.78, 5) is 0. The Kier molecular flexibility index (Phi) is 4.33. The molecule has 1 fully saturated rings. The second-order valence-corrected chi connectivity index (χ2v) is 3.42. The Balaban J connectivity index is 2.10. The lowest BCUT2D eigenvalue weighted by Crippen LogP contribution is -2.20. The maximum absolute atomic E-state index is 8.59. The minimum atomic E-state index is 0.299. The average molecular weight is 170 g/mol. The predicted molar refractivity (Wildman–Crippen MR) is 49.1 cm³/mol. The Labute approximate surface area is 74.2 Å². The Bertz CT molecular complexity index is 143. The molecule has 1 atom stereocenters. The van der Waals surface area contributed by atoms with Gasteiger partial charge in [-0.3, -0.25) is 0 Å². The molecule has 1 heterocycles. The molecular weight excluding hydrogens is 152 g/mol. The lowest BCUT2D eigenvalue weighted by atomic mass is 10.0. The first-order chi connectivity index (χ1) is 5.83. The summed E-state index contributed by atoms with van der Waals surface area (Å²) in [5.41, 5.74) is 1.32. The van der Waals surface area contributed by atoms with E-state index in [1.165, 1.54) is 5.57 Å². The van der Waals surface area contributed by atoms with E-state index in [9.17, 15) is 0 Å². The third-order valence-electron chi connectivity index (χ3n) is 2.26. The van der Waals surface area contributed by atoms with Crippen molar-refractivity contribution in [2.75, 3.05) is 13.2 Å². The molecule has 1 saturated heterocycles. The van der Waals surface area contributed by atoms with E-state index >= 15 is 0 Å². The van der Waals surface area contributed by atoms with Crippen molar-refractivity contribution in [1.29, 1.82) is 0 Å². The standard InChI is InChI=1S/C10H18O2/c1-9-5-7-12-10(8-9)4-2-3-6-11/h10-11H,1-8H2. The normalized spacial score (nSPS) is 24.4. The first-order valence-electron chi connectivity index (χ1n) is 4.72. The van der Waals surface area contributed by atoms with Crippen LogP contribution in [0.2, 0.25) is 0 Å². The molecule has 1 aliphatic rings. The lowest BCUT2D eigenvalue weighted by Gasteiger charge is -2.24. The summed E-state index contributed by atoms with van der Waals surface area (Å²) < 4.78 is 5.55. The molecule has 0 aromatic rings. The second-order valence-electron chi connectivity index (χ2n) is 3.42. The highest BCUT2D eigenvalue weighted by Gasteiger charge is 2.15. The minimum Gasteiger partial charge on any atom is -0.396 e. The molecule has 0 aliphatic carbocycles. The predicted octanol–water partition coefficient (Wildman–Crippen LogP) is 1.88. The zero-order valence-corrected chi connectivity index (χ0v) is 7.59. The molecule has 0 aromatic heterocycles. The van der Waals surface area contributed by atoms with E-state index in [2.05, 4.69) is 6.58 Å². The zero-order chi connectivity index (χ0) is 8.81. The summed E-state index contributed by atoms with van der Waals surface area (Å²) in [6, 6.07) is 0. The van der Waals surface area contributed by atoms with Gasteiger partial charge < -0.3 is 9.84 Å². The van der Waals surface area contributed by atoms with Gasteiger partial charge in [-0.15, -0.1) is 0 Å². The summed E-state index contributed by atoms with van der Waals surface area (Å²) in [5, 5.41) is 8.59. The fourth-order valence-electron chi connectivity index (χ4n) is 1.52. The molecule has 2 nitrogen and oxygen atoms in total. The van der Waals surface area contributed by atoms with Crippen molar-refractivity contribution in [3.8, 4) is 0 Å². The Hall–Kier alpha value is -0.340. The molecular formula is C10H18O2. The maximum Gasteiger partial charge on any atom is 0.0612 e. The van der Waals surface area contributed by atoms with E-state index in [1.807, 2.05) is 0 Å². The molecule has 0 saturated carbocycles. The monoisotopic (exact) mass is 170 g/mol. The summed E-state index contributed by atoms with van der Waals surface area (Å²) in [5.74, 6) is 0. The van der Waals surface area contributed by atoms with Crippen molar-refractivity contribution in [1.82, 2.24) is 0 Å². The Morgan fingerprint density at radius 3 is 3.00 bits per heavy atom. The van der Waals surface area contributed by atoms with Crippen LogP contribution in [0.3, 0.4) is 0 Å². The van der Waals surface area contributed by atoms with Gasteiger partial charge in [0.25, 0.3) is 0 Å². The van der Waals surface area contributed by atoms with Gasteiger partial charge in [0.05, 0.1) is 12.7 Å². The van der Waals surface area contributed by atoms with Gasteiger partial charge in [0.15, 0.2) is 0 Å². The van der Waals surface area contributed by atoms with Crippen LogP contribution in [0.4, 0.5) is 0 Å². The fourth-order valence-corrected chi connectivity index (χ4v) is 1.52. The van der Waals surface area contributed by atoms with Crippen molar-refractivity contribution < 1.29 is 9.84 Å². The highest BCUT2D eigenvalue weighted by Crippen LogP contribution is 2.21. The van der Waals surface area contributed by atoms with Gasteiger partial charge in [-0.2, -0.15) is 0 Å². The van der Waals surface area contributed by atoms with Gasteiger partial charge in [0, 0.05) is 6.61 Å². The largest absolute Gasteiger partial charge is 0.396 e. The van der Waals surface area contributed by atoms with Crippen molar-refractivity contribution >= 4 is 0 Å². The molecule has 0 aromatic carbocycles. The summed E-state index contributed by atoms with van der Waals surface area (Å²) in [7, 11) is 0. The van der Waals surface area contributed by atoms with Gasteiger partial charge in [-0.1, -0.05) is 12.2 Å². The smallest absolute Gasteiger partial charge is 0.0612 e. The van der Waals surface area contributed by atoms with E-state index < -0.39 is 0 Å². The zero-order valence-electron chi connectivity index (χ0n) is 7.59. The first kappa shape index (κ1) is 9.75. The van der Waals surface area contributed by atoms with Crippen LogP contribution in [0.1, 0.15) is 32.1 Å². The number of aliphatic hydroxyl groups excluding tert-OH is 1. The van der Waals surface area contributed by atoms with E-state index in [-0.39, 0.29) is 0 Å². The number of hydrogen-bond donors (Lipinski definition) is 1. The van der Waals surface area contributed by atoms with Crippen LogP contribution in [-0.2, 0) is 4.74 Å². The third kappa shape index (κ3) is 3.37. The Morgan fingerprint density at radius 1 is 1.50 bits per heavy atom. The first-order valence-corrected chi connectivity index (χ1v) is 4.72. The van der Waals surface area contributed by atoms with Crippen LogP contribution in [0, 0.1) is 0 Å². The van der Waals surface area contributed by atoms with Crippen molar-refractivity contribution in [2.45, 2.75) is 38.2 Å². The van der Waals surface area contributed by atoms with Gasteiger partial charge in [0.2, 0.25) is 0 Å². The van der Waals surface area contributed by atoms with E-state index in [0.717, 1.165) is 38.7 Å². The molecule has 2 heteroatoms. The second kappa shape index (κ2) is 5.33. The molecule has 0 spiro atoms. The lowest BCUT2D eigenvalue weighted by molar-refractivity contribution is 0.0285. The Morgan fingerprint density at radius 2 is 2.33 bits per heavy atom. The van der Waals surface area contributed by atoms with Crippen LogP contribution >= 0.6 is 0 Å². The van der Waals surface area contributed by atoms with Crippen LogP contribution in [0.15, 0.2) is 12.2 Å². The molecule has 0 amide bonds. The maximum atomic E-state index is 8.59. The van der Waals surface area contributed by atoms with Crippen molar-refractivity contribution in [2.24, 2.45) is 0 Å². The summed E-state index contributed by atoms with van der Waals surface area (Å²) >= 11 is 0. The van der Waals surface area contributed by atoms with E-state index in [0.29, 0.717) is 12.7 Å². The molecule has 70 valence electrons. The molecule has 12 heavy (non-hydrogen) atoms. The number of aliphatic hydroxyl groups is 1. The number of unbranched alkanes of at least 4 members (excludes halogenated alkanes) is 1. The SMILES string of the molecule is C=C1CCOC(CCCCO)C1. The van der Waals surface area contributed by atoms with Crippen LogP contribution < -0.4 is 0 Å². The highest BCUT2D eigenvalue weighted by atomic mass is 16.5. The number of rotatable bonds is 4. The van der Waals surface area contributed by atoms with Gasteiger partial charge in [-0.25, -0.2) is 0 Å². The van der Waals surface area contributed by atoms with Crippen LogP contribution in [0.5, 0.6) is 0 Å². The number of hydrogen-bond acceptors (Lipinski definition) is 2. The summed E-state index contributed by atoms with van der Waals surface area (Å²) in [6.07, 6.45) is 5.44. The van der Waals surface area contributed by atoms with E-state index in [1.54, 1.807) is 0 Å². The van der Waals surface area contributed by atoms with Crippen molar-refractivity contribution in [3.63, 3.8) is 0 Å². The van der Waals surface area contributed by atoms with Gasteiger partial charge in [0.1, 0.15) is 0 Å². The molecule has 0 bridgehead atoms. The summed E-state index contributed by atoms with van der Waals surface area (Å²) in [6.45, 7) is 5.10. The van der Waals surface area contributed by atoms with Crippen molar-refractivity contribution in [3.05, 3.63) is 12.2 Å². The molecule has 1 N–H and O–H groups in total. The minimum absolute atomic E-state index is 0.299. The van der Waals surface area contributed by atoms with E-state index in [4.69, 9.17) is 9.84 Å². The third-order valence-corrected chi connectivity index (χ3v) is 2.26. The highest BCUT2D eigenvalue weighted by molar-refractivity contribution is 4.98. The van der Waals surface area contributed by atoms with Crippen LogP contribution in [-0.4, -0.2) is 24.4 Å². The molecule has 1 aliphatic heterocycles. The number of ether oxygens (including phenoxy) is 1. The van der Waals surface area contributed by atoms with Gasteiger partial charge >= 0.3 is 0 Å². The average Bonchev–Trinajstić information content (AvgIpc) is 2.05. The molecule has 1 unspecified atom stereocenters. The van der Waals surface area contributed by atoms with Crippen LogP contribution in [0.25, 0.3) is 0 Å².